The van der Waals surface area contributed by atoms with Crippen molar-refractivity contribution in [2.24, 2.45) is 0 Å². The number of piperidine rings is 1. The lowest BCUT2D eigenvalue weighted by Gasteiger charge is -2.29. The molecule has 0 aliphatic carbocycles. The van der Waals surface area contributed by atoms with E-state index in [4.69, 9.17) is 5.11 Å². The van der Waals surface area contributed by atoms with Gasteiger partial charge in [0.2, 0.25) is 0 Å². The smallest absolute Gasteiger partial charge is 0.407 e. The number of Topliss-reactive ketones (excluding diaryl/α,β-unsaturated/α-hetero) is 1. The molecule has 1 aliphatic heterocycles. The summed E-state index contributed by atoms with van der Waals surface area (Å²) in [7, 11) is 0. The van der Waals surface area contributed by atoms with Crippen LogP contribution in [0.3, 0.4) is 0 Å². The highest BCUT2D eigenvalue weighted by Gasteiger charge is 2.31. The topological polar surface area (TPSA) is 70.5 Å². The first kappa shape index (κ1) is 13.5. The van der Waals surface area contributed by atoms with Crippen molar-refractivity contribution in [2.45, 2.75) is 12.3 Å². The molecule has 0 spiro atoms. The van der Waals surface area contributed by atoms with Crippen molar-refractivity contribution in [3.05, 3.63) is 41.8 Å². The fourth-order valence-corrected chi connectivity index (χ4v) is 2.76. The normalized spacial score (nSPS) is 19.0. The van der Waals surface area contributed by atoms with Gasteiger partial charge in [0, 0.05) is 24.0 Å². The van der Waals surface area contributed by atoms with Gasteiger partial charge in [-0.05, 0) is 36.2 Å². The van der Waals surface area contributed by atoms with Gasteiger partial charge in [0.1, 0.15) is 5.82 Å². The molecule has 1 aliphatic rings. The van der Waals surface area contributed by atoms with Crippen LogP contribution >= 0.6 is 0 Å². The zero-order valence-corrected chi connectivity index (χ0v) is 11.1. The first-order valence-corrected chi connectivity index (χ1v) is 6.61. The highest BCUT2D eigenvalue weighted by Crippen LogP contribution is 2.30. The van der Waals surface area contributed by atoms with Crippen LogP contribution in [0, 0.1) is 5.82 Å². The van der Waals surface area contributed by atoms with E-state index in [-0.39, 0.29) is 18.1 Å². The molecule has 6 heteroatoms. The van der Waals surface area contributed by atoms with E-state index in [1.807, 2.05) is 0 Å². The number of hydrogen-bond acceptors (Lipinski definition) is 3. The number of rotatable bonds is 1. The highest BCUT2D eigenvalue weighted by atomic mass is 19.1. The van der Waals surface area contributed by atoms with Crippen molar-refractivity contribution >= 4 is 22.8 Å². The van der Waals surface area contributed by atoms with Gasteiger partial charge < -0.3 is 10.0 Å². The molecular formula is C15H13FN2O3. The second-order valence-corrected chi connectivity index (χ2v) is 5.07. The Hall–Kier alpha value is -2.50. The number of amides is 1. The van der Waals surface area contributed by atoms with Gasteiger partial charge in [-0.25, -0.2) is 9.18 Å². The number of likely N-dealkylation sites (tertiary alicyclic amines) is 1. The van der Waals surface area contributed by atoms with Gasteiger partial charge in [0.25, 0.3) is 0 Å². The minimum absolute atomic E-state index is 0.126. The second kappa shape index (κ2) is 5.12. The summed E-state index contributed by atoms with van der Waals surface area (Å²) in [5.41, 5.74) is 1.34. The Morgan fingerprint density at radius 3 is 2.90 bits per heavy atom. The van der Waals surface area contributed by atoms with Crippen LogP contribution in [0.15, 0.2) is 30.5 Å². The molecule has 3 rings (SSSR count). The number of carbonyl (C=O) groups excluding carboxylic acids is 1. The SMILES string of the molecule is O=C1CN(C(=O)O)CCC1c1ccnc2ccc(F)cc12. The summed E-state index contributed by atoms with van der Waals surface area (Å²) in [6.07, 6.45) is 0.903. The zero-order chi connectivity index (χ0) is 15.0. The maximum absolute atomic E-state index is 13.5. The molecule has 2 heterocycles. The Kier molecular flexibility index (Phi) is 3.29. The molecule has 5 nitrogen and oxygen atoms in total. The van der Waals surface area contributed by atoms with Crippen molar-refractivity contribution < 1.29 is 19.1 Å². The Morgan fingerprint density at radius 2 is 2.19 bits per heavy atom. The molecule has 1 unspecified atom stereocenters. The van der Waals surface area contributed by atoms with Crippen molar-refractivity contribution in [3.63, 3.8) is 0 Å². The third kappa shape index (κ3) is 2.44. The molecule has 21 heavy (non-hydrogen) atoms. The van der Waals surface area contributed by atoms with E-state index in [2.05, 4.69) is 4.98 Å². The van der Waals surface area contributed by atoms with Gasteiger partial charge in [-0.3, -0.25) is 9.78 Å². The number of ketones is 1. The number of benzene rings is 1. The molecule has 1 aromatic heterocycles. The van der Waals surface area contributed by atoms with E-state index in [1.54, 1.807) is 18.3 Å². The van der Waals surface area contributed by atoms with Crippen LogP contribution in [0.1, 0.15) is 17.9 Å². The standard InChI is InChI=1S/C15H13FN2O3/c16-9-1-2-13-12(7-9)10(3-5-17-13)11-4-6-18(15(20)21)8-14(11)19/h1-3,5,7,11H,4,6,8H2,(H,20,21). The minimum Gasteiger partial charge on any atom is -0.465 e. The molecule has 0 bridgehead atoms. The van der Waals surface area contributed by atoms with Crippen molar-refractivity contribution in [1.82, 2.24) is 9.88 Å². The number of halogens is 1. The molecule has 1 amide bonds. The molecule has 2 aromatic rings. The average molecular weight is 288 g/mol. The number of fused-ring (bicyclic) bond motifs is 1. The van der Waals surface area contributed by atoms with Gasteiger partial charge in [-0.15, -0.1) is 0 Å². The Balaban J connectivity index is 1.99. The van der Waals surface area contributed by atoms with Crippen LogP contribution in [-0.2, 0) is 4.79 Å². The number of aromatic nitrogens is 1. The maximum Gasteiger partial charge on any atom is 0.407 e. The largest absolute Gasteiger partial charge is 0.465 e. The van der Waals surface area contributed by atoms with E-state index in [9.17, 15) is 14.0 Å². The lowest BCUT2D eigenvalue weighted by atomic mass is 9.86. The minimum atomic E-state index is -1.09. The molecular weight excluding hydrogens is 275 g/mol. The van der Waals surface area contributed by atoms with Crippen LogP contribution < -0.4 is 0 Å². The quantitative estimate of drug-likeness (QED) is 0.874. The Bertz CT molecular complexity index is 732. The number of pyridine rings is 1. The van der Waals surface area contributed by atoms with Crippen LogP contribution in [0.5, 0.6) is 0 Å². The van der Waals surface area contributed by atoms with Crippen LogP contribution in [0.4, 0.5) is 9.18 Å². The molecule has 0 radical (unpaired) electrons. The van der Waals surface area contributed by atoms with Gasteiger partial charge >= 0.3 is 6.09 Å². The predicted octanol–water partition coefficient (Wildman–Crippen LogP) is 2.41. The van der Waals surface area contributed by atoms with Crippen molar-refractivity contribution in [2.75, 3.05) is 13.1 Å². The summed E-state index contributed by atoms with van der Waals surface area (Å²) in [5, 5.41) is 9.55. The van der Waals surface area contributed by atoms with Crippen LogP contribution in [0.25, 0.3) is 10.9 Å². The van der Waals surface area contributed by atoms with Crippen LogP contribution in [0.2, 0.25) is 0 Å². The van der Waals surface area contributed by atoms with E-state index in [0.717, 1.165) is 10.5 Å². The Labute approximate surface area is 120 Å². The predicted molar refractivity (Wildman–Crippen MR) is 73.7 cm³/mol. The van der Waals surface area contributed by atoms with E-state index >= 15 is 0 Å². The lowest BCUT2D eigenvalue weighted by Crippen LogP contribution is -2.42. The number of nitrogens with zero attached hydrogens (tertiary/aromatic N) is 2. The third-order valence-corrected chi connectivity index (χ3v) is 3.81. The monoisotopic (exact) mass is 288 g/mol. The van der Waals surface area contributed by atoms with Gasteiger partial charge in [-0.2, -0.15) is 0 Å². The van der Waals surface area contributed by atoms with Gasteiger partial charge in [0.15, 0.2) is 5.78 Å². The maximum atomic E-state index is 13.5. The van der Waals surface area contributed by atoms with Gasteiger partial charge in [0.05, 0.1) is 12.1 Å². The average Bonchev–Trinajstić information content (AvgIpc) is 2.46. The summed E-state index contributed by atoms with van der Waals surface area (Å²) < 4.78 is 13.5. The van der Waals surface area contributed by atoms with Crippen molar-refractivity contribution in [3.8, 4) is 0 Å². The summed E-state index contributed by atoms with van der Waals surface area (Å²) in [6, 6.07) is 5.98. The molecule has 1 fully saturated rings. The summed E-state index contributed by atoms with van der Waals surface area (Å²) in [4.78, 5) is 28.4. The fourth-order valence-electron chi connectivity index (χ4n) is 2.76. The lowest BCUT2D eigenvalue weighted by molar-refractivity contribution is -0.123. The molecule has 0 saturated carbocycles. The first-order chi connectivity index (χ1) is 10.1. The fraction of sp³-hybridized carbons (Fsp3) is 0.267. The first-order valence-electron chi connectivity index (χ1n) is 6.61. The molecule has 108 valence electrons. The molecule has 1 aromatic carbocycles. The highest BCUT2D eigenvalue weighted by molar-refractivity contribution is 5.95. The number of carboxylic acid groups (broad SMARTS) is 1. The summed E-state index contributed by atoms with van der Waals surface area (Å²) in [6.45, 7) is 0.171. The zero-order valence-electron chi connectivity index (χ0n) is 11.1. The second-order valence-electron chi connectivity index (χ2n) is 5.07. The number of hydrogen-bond donors (Lipinski definition) is 1. The summed E-state index contributed by atoms with van der Waals surface area (Å²) >= 11 is 0. The number of carbonyl (C=O) groups is 2. The van der Waals surface area contributed by atoms with Gasteiger partial charge in [-0.1, -0.05) is 0 Å². The molecule has 1 saturated heterocycles. The van der Waals surface area contributed by atoms with E-state index in [1.165, 1.54) is 12.1 Å². The molecule has 1 atom stereocenters. The molecule has 1 N–H and O–H groups in total. The van der Waals surface area contributed by atoms with E-state index in [0.29, 0.717) is 23.9 Å². The van der Waals surface area contributed by atoms with Crippen LogP contribution in [-0.4, -0.2) is 40.0 Å². The third-order valence-electron chi connectivity index (χ3n) is 3.81. The summed E-state index contributed by atoms with van der Waals surface area (Å²) in [5.74, 6) is -0.958. The van der Waals surface area contributed by atoms with Crippen molar-refractivity contribution in [1.29, 1.82) is 0 Å². The Morgan fingerprint density at radius 1 is 1.38 bits per heavy atom. The van der Waals surface area contributed by atoms with E-state index < -0.39 is 12.0 Å².